The molecule has 0 spiro atoms. The van der Waals surface area contributed by atoms with E-state index in [4.69, 9.17) is 4.74 Å². The molecular formula is C29H26N2O5S. The first kappa shape index (κ1) is 25.8. The van der Waals surface area contributed by atoms with Crippen LogP contribution in [-0.4, -0.2) is 34.7 Å². The van der Waals surface area contributed by atoms with Gasteiger partial charge in [-0.2, -0.15) is 0 Å². The number of ether oxygens (including phenoxy) is 1. The maximum Gasteiger partial charge on any atom is 0.336 e. The molecular weight excluding hydrogens is 488 g/mol. The molecule has 188 valence electrons. The van der Waals surface area contributed by atoms with E-state index in [0.717, 1.165) is 4.90 Å². The number of nitrogens with one attached hydrogen (secondary N) is 2. The average Bonchev–Trinajstić information content (AvgIpc) is 2.89. The van der Waals surface area contributed by atoms with Crippen LogP contribution < -0.4 is 15.4 Å². The van der Waals surface area contributed by atoms with Crippen molar-refractivity contribution in [1.29, 1.82) is 0 Å². The molecule has 0 bridgehead atoms. The number of benzene rings is 4. The molecule has 2 amide bonds. The topological polar surface area (TPSA) is 105 Å². The second kappa shape index (κ2) is 11.6. The Morgan fingerprint density at radius 2 is 1.59 bits per heavy atom. The van der Waals surface area contributed by atoms with E-state index in [1.807, 2.05) is 25.1 Å². The fourth-order valence-corrected chi connectivity index (χ4v) is 4.82. The summed E-state index contributed by atoms with van der Waals surface area (Å²) in [5.74, 6) is -1.08. The van der Waals surface area contributed by atoms with Crippen molar-refractivity contribution in [3.05, 3.63) is 96.1 Å². The average molecular weight is 515 g/mol. The van der Waals surface area contributed by atoms with Gasteiger partial charge in [-0.3, -0.25) is 9.59 Å². The first-order valence-electron chi connectivity index (χ1n) is 11.7. The van der Waals surface area contributed by atoms with E-state index in [2.05, 4.69) is 10.6 Å². The highest BCUT2D eigenvalue weighted by molar-refractivity contribution is 8.00. The third-order valence-electron chi connectivity index (χ3n) is 5.60. The fraction of sp³-hybridized carbons (Fsp3) is 0.138. The second-order valence-electron chi connectivity index (χ2n) is 8.17. The van der Waals surface area contributed by atoms with Gasteiger partial charge in [0.15, 0.2) is 0 Å². The van der Waals surface area contributed by atoms with Crippen LogP contribution in [0.5, 0.6) is 5.75 Å². The largest absolute Gasteiger partial charge is 0.492 e. The Hall–Kier alpha value is -4.30. The number of thioether (sulfide) groups is 1. The van der Waals surface area contributed by atoms with Crippen molar-refractivity contribution >= 4 is 51.7 Å². The number of hydrogen-bond acceptors (Lipinski definition) is 5. The van der Waals surface area contributed by atoms with Crippen LogP contribution in [0, 0.1) is 0 Å². The Morgan fingerprint density at radius 3 is 2.32 bits per heavy atom. The lowest BCUT2D eigenvalue weighted by Crippen LogP contribution is -2.22. The minimum Gasteiger partial charge on any atom is -0.492 e. The van der Waals surface area contributed by atoms with E-state index in [9.17, 15) is 19.5 Å². The molecule has 4 rings (SSSR count). The Kier molecular flexibility index (Phi) is 8.10. The minimum atomic E-state index is -1.10. The highest BCUT2D eigenvalue weighted by Crippen LogP contribution is 2.30. The number of para-hydroxylation sites is 2. The van der Waals surface area contributed by atoms with E-state index in [-0.39, 0.29) is 17.0 Å². The van der Waals surface area contributed by atoms with Crippen LogP contribution in [-0.2, 0) is 4.79 Å². The van der Waals surface area contributed by atoms with Crippen molar-refractivity contribution in [2.24, 2.45) is 0 Å². The molecule has 0 heterocycles. The molecule has 1 atom stereocenters. The van der Waals surface area contributed by atoms with Gasteiger partial charge in [0.1, 0.15) is 5.75 Å². The van der Waals surface area contributed by atoms with Gasteiger partial charge >= 0.3 is 5.97 Å². The van der Waals surface area contributed by atoms with E-state index >= 15 is 0 Å². The third kappa shape index (κ3) is 6.10. The maximum atomic E-state index is 13.1. The maximum absolute atomic E-state index is 13.1. The summed E-state index contributed by atoms with van der Waals surface area (Å²) in [6, 6.07) is 24.5. The first-order chi connectivity index (χ1) is 17.9. The number of carboxylic acid groups (broad SMARTS) is 1. The zero-order chi connectivity index (χ0) is 26.4. The first-order valence-corrected chi connectivity index (χ1v) is 12.6. The molecule has 4 aromatic carbocycles. The number of amides is 2. The summed E-state index contributed by atoms with van der Waals surface area (Å²) in [5.41, 5.74) is 1.49. The highest BCUT2D eigenvalue weighted by Gasteiger charge is 2.19. The lowest BCUT2D eigenvalue weighted by Gasteiger charge is -2.15. The molecule has 0 saturated heterocycles. The molecule has 0 saturated carbocycles. The molecule has 0 fully saturated rings. The number of carbonyl (C=O) groups is 3. The summed E-state index contributed by atoms with van der Waals surface area (Å²) in [5, 5.41) is 16.0. The molecule has 7 nitrogen and oxygen atoms in total. The monoisotopic (exact) mass is 514 g/mol. The number of rotatable bonds is 9. The molecule has 3 N–H and O–H groups in total. The van der Waals surface area contributed by atoms with E-state index in [1.165, 1.54) is 17.8 Å². The quantitative estimate of drug-likeness (QED) is 0.226. The van der Waals surface area contributed by atoms with Crippen LogP contribution in [0.15, 0.2) is 89.8 Å². The van der Waals surface area contributed by atoms with E-state index in [1.54, 1.807) is 67.6 Å². The SMILES string of the molecule is CCOc1ccccc1NC(=O)C(C)Sc1cccc(NC(=O)c2cccc3cccc(C(=O)O)c23)c1. The summed E-state index contributed by atoms with van der Waals surface area (Å²) in [7, 11) is 0. The van der Waals surface area contributed by atoms with Gasteiger partial charge in [0.05, 0.1) is 23.1 Å². The summed E-state index contributed by atoms with van der Waals surface area (Å²) in [4.78, 5) is 38.5. The number of aromatic carboxylic acids is 1. The van der Waals surface area contributed by atoms with Crippen LogP contribution in [0.3, 0.4) is 0 Å². The molecule has 0 aliphatic carbocycles. The van der Waals surface area contributed by atoms with Crippen molar-refractivity contribution in [2.75, 3.05) is 17.2 Å². The lowest BCUT2D eigenvalue weighted by molar-refractivity contribution is -0.115. The van der Waals surface area contributed by atoms with Gasteiger partial charge in [0, 0.05) is 21.5 Å². The minimum absolute atomic E-state index is 0.0679. The number of hydrogen-bond donors (Lipinski definition) is 3. The Bertz CT molecular complexity index is 1460. The van der Waals surface area contributed by atoms with Crippen molar-refractivity contribution in [3.8, 4) is 5.75 Å². The molecule has 0 aromatic heterocycles. The van der Waals surface area contributed by atoms with Crippen LogP contribution in [0.25, 0.3) is 10.8 Å². The van der Waals surface area contributed by atoms with Crippen LogP contribution in [0.2, 0.25) is 0 Å². The summed E-state index contributed by atoms with van der Waals surface area (Å²) >= 11 is 1.35. The van der Waals surface area contributed by atoms with Crippen molar-refractivity contribution in [3.63, 3.8) is 0 Å². The number of anilines is 2. The third-order valence-corrected chi connectivity index (χ3v) is 6.69. The summed E-state index contributed by atoms with van der Waals surface area (Å²) in [6.07, 6.45) is 0. The molecule has 0 aliphatic rings. The number of carboxylic acids is 1. The second-order valence-corrected chi connectivity index (χ2v) is 9.59. The predicted octanol–water partition coefficient (Wildman–Crippen LogP) is 6.31. The fourth-order valence-electron chi connectivity index (χ4n) is 3.90. The van der Waals surface area contributed by atoms with Gasteiger partial charge in [-0.15, -0.1) is 11.8 Å². The highest BCUT2D eigenvalue weighted by atomic mass is 32.2. The van der Waals surface area contributed by atoms with E-state index < -0.39 is 17.1 Å². The zero-order valence-corrected chi connectivity index (χ0v) is 21.2. The van der Waals surface area contributed by atoms with Gasteiger partial charge in [-0.1, -0.05) is 42.5 Å². The van der Waals surface area contributed by atoms with Gasteiger partial charge in [-0.05, 0) is 61.7 Å². The Morgan fingerprint density at radius 1 is 0.892 bits per heavy atom. The normalized spacial score (nSPS) is 11.5. The van der Waals surface area contributed by atoms with Crippen molar-refractivity contribution < 1.29 is 24.2 Å². The van der Waals surface area contributed by atoms with Gasteiger partial charge in [0.2, 0.25) is 5.91 Å². The standard InChI is InChI=1S/C29H26N2O5S/c1-3-36-25-16-5-4-15-24(25)31-27(32)18(2)37-21-12-8-11-20(17-21)30-28(33)22-13-6-9-19-10-7-14-23(26(19)22)29(34)35/h4-18H,3H2,1-2H3,(H,30,33)(H,31,32)(H,34,35). The van der Waals surface area contributed by atoms with Gasteiger partial charge in [0.25, 0.3) is 5.91 Å². The molecule has 4 aromatic rings. The smallest absolute Gasteiger partial charge is 0.336 e. The van der Waals surface area contributed by atoms with Crippen molar-refractivity contribution in [2.45, 2.75) is 24.0 Å². The lowest BCUT2D eigenvalue weighted by atomic mass is 9.98. The Balaban J connectivity index is 1.48. The van der Waals surface area contributed by atoms with Gasteiger partial charge in [-0.25, -0.2) is 4.79 Å². The summed E-state index contributed by atoms with van der Waals surface area (Å²) in [6.45, 7) is 4.18. The predicted molar refractivity (Wildman–Crippen MR) is 147 cm³/mol. The number of fused-ring (bicyclic) bond motifs is 1. The molecule has 8 heteroatoms. The Labute approximate surface area is 218 Å². The summed E-state index contributed by atoms with van der Waals surface area (Å²) < 4.78 is 5.58. The molecule has 0 radical (unpaired) electrons. The van der Waals surface area contributed by atoms with Crippen LogP contribution in [0.4, 0.5) is 11.4 Å². The number of carbonyl (C=O) groups excluding carboxylic acids is 2. The van der Waals surface area contributed by atoms with E-state index in [0.29, 0.717) is 34.5 Å². The van der Waals surface area contributed by atoms with Gasteiger partial charge < -0.3 is 20.5 Å². The molecule has 37 heavy (non-hydrogen) atoms. The van der Waals surface area contributed by atoms with Crippen molar-refractivity contribution in [1.82, 2.24) is 0 Å². The zero-order valence-electron chi connectivity index (χ0n) is 20.4. The van der Waals surface area contributed by atoms with Crippen LogP contribution in [0.1, 0.15) is 34.6 Å². The molecule has 1 unspecified atom stereocenters. The van der Waals surface area contributed by atoms with Crippen LogP contribution >= 0.6 is 11.8 Å². The molecule has 0 aliphatic heterocycles.